The monoisotopic (exact) mass is 438 g/mol. The summed E-state index contributed by atoms with van der Waals surface area (Å²) in [5.74, 6) is -0.762. The van der Waals surface area contributed by atoms with E-state index in [1.54, 1.807) is 11.8 Å². The first kappa shape index (κ1) is 23.1. The van der Waals surface area contributed by atoms with Gasteiger partial charge in [-0.1, -0.05) is 37.4 Å². The molecule has 9 heteroatoms. The van der Waals surface area contributed by atoms with Crippen molar-refractivity contribution < 1.29 is 19.1 Å². The minimum atomic E-state index is -0.822. The second-order valence-corrected chi connectivity index (χ2v) is 9.58. The van der Waals surface area contributed by atoms with Crippen LogP contribution in [0.25, 0.3) is 0 Å². The number of carbonyl (C=O) groups excluding carboxylic acids is 3. The van der Waals surface area contributed by atoms with E-state index in [0.717, 1.165) is 44.3 Å². The average Bonchev–Trinajstić information content (AvgIpc) is 2.95. The number of carbonyl (C=O) groups is 3. The second-order valence-electron chi connectivity index (χ2n) is 8.60. The maximum atomic E-state index is 13.0. The molecule has 2 N–H and O–H groups in total. The molecule has 3 fully saturated rings. The lowest BCUT2D eigenvalue weighted by atomic mass is 9.87. The zero-order valence-electron chi connectivity index (χ0n) is 18.0. The quantitative estimate of drug-likeness (QED) is 0.373. The van der Waals surface area contributed by atoms with Crippen molar-refractivity contribution in [2.24, 2.45) is 16.9 Å². The summed E-state index contributed by atoms with van der Waals surface area (Å²) in [5, 5.41) is 7.76. The van der Waals surface area contributed by atoms with E-state index in [1.165, 1.54) is 0 Å². The zero-order valence-corrected chi connectivity index (χ0v) is 18.8. The van der Waals surface area contributed by atoms with Crippen LogP contribution in [0.1, 0.15) is 58.3 Å². The average molecular weight is 439 g/mol. The number of hydrogen-bond donors (Lipinski definition) is 2. The van der Waals surface area contributed by atoms with E-state index < -0.39 is 17.7 Å². The Hall–Kier alpha value is -1.61. The maximum Gasteiger partial charge on any atom is 0.309 e. The summed E-state index contributed by atoms with van der Waals surface area (Å²) in [5.41, 5.74) is 2.41. The van der Waals surface area contributed by atoms with Gasteiger partial charge in [0.1, 0.15) is 6.04 Å². The third-order valence-electron chi connectivity index (χ3n) is 6.44. The fourth-order valence-corrected chi connectivity index (χ4v) is 5.37. The van der Waals surface area contributed by atoms with Crippen molar-refractivity contribution in [3.8, 4) is 0 Å². The summed E-state index contributed by atoms with van der Waals surface area (Å²) in [6, 6.07) is -0.493. The number of ketones is 1. The van der Waals surface area contributed by atoms with E-state index in [-0.39, 0.29) is 17.7 Å². The molecule has 0 unspecified atom stereocenters. The number of Topliss-reactive ketones (excluding diaryl/α,β-unsaturated/α-hetero) is 1. The summed E-state index contributed by atoms with van der Waals surface area (Å²) in [7, 11) is 1.91. The topological polar surface area (TPSA) is 100 Å². The van der Waals surface area contributed by atoms with Crippen molar-refractivity contribution in [3.05, 3.63) is 0 Å². The Balaban J connectivity index is 1.66. The highest BCUT2D eigenvalue weighted by Crippen LogP contribution is 2.25. The lowest BCUT2D eigenvalue weighted by molar-refractivity contribution is -0.142. The van der Waals surface area contributed by atoms with Crippen LogP contribution in [0.2, 0.25) is 0 Å². The molecule has 2 saturated heterocycles. The lowest BCUT2D eigenvalue weighted by Crippen LogP contribution is -2.53. The molecule has 0 aromatic rings. The number of thioether (sulfide) groups is 1. The van der Waals surface area contributed by atoms with Crippen molar-refractivity contribution in [2.45, 2.75) is 70.4 Å². The predicted molar refractivity (Wildman–Crippen MR) is 117 cm³/mol. The molecule has 2 amide bonds. The number of nitrogens with one attached hydrogen (secondary N) is 2. The van der Waals surface area contributed by atoms with Crippen molar-refractivity contribution in [1.29, 1.82) is 0 Å². The van der Waals surface area contributed by atoms with Crippen molar-refractivity contribution >= 4 is 34.5 Å². The van der Waals surface area contributed by atoms with E-state index >= 15 is 0 Å². The molecule has 8 nitrogen and oxygen atoms in total. The summed E-state index contributed by atoms with van der Waals surface area (Å²) < 4.78 is 5.41. The number of ether oxygens (including phenoxy) is 1. The number of amidine groups is 1. The predicted octanol–water partition coefficient (Wildman–Crippen LogP) is 1.89. The first-order valence-electron chi connectivity index (χ1n) is 11.1. The molecule has 0 bridgehead atoms. The fraction of sp³-hybridized carbons (Fsp3) is 0.810. The van der Waals surface area contributed by atoms with Crippen molar-refractivity contribution in [1.82, 2.24) is 15.6 Å². The highest BCUT2D eigenvalue weighted by Gasteiger charge is 2.36. The third-order valence-corrected chi connectivity index (χ3v) is 7.72. The van der Waals surface area contributed by atoms with Crippen LogP contribution in [0.4, 0.5) is 0 Å². The van der Waals surface area contributed by atoms with Crippen LogP contribution in [0.15, 0.2) is 5.10 Å². The van der Waals surface area contributed by atoms with E-state index in [9.17, 15) is 14.4 Å². The van der Waals surface area contributed by atoms with Gasteiger partial charge in [0.25, 0.3) is 0 Å². The molecule has 1 saturated carbocycles. The highest BCUT2D eigenvalue weighted by molar-refractivity contribution is 8.14. The minimum absolute atomic E-state index is 0.0732. The lowest BCUT2D eigenvalue weighted by Gasteiger charge is -2.30. The molecule has 2 heterocycles. The second kappa shape index (κ2) is 11.1. The number of hydrazone groups is 1. The largest absolute Gasteiger partial charge is 0.381 e. The Morgan fingerprint density at radius 2 is 1.77 bits per heavy atom. The Morgan fingerprint density at radius 3 is 2.37 bits per heavy atom. The van der Waals surface area contributed by atoms with Crippen LogP contribution in [0.3, 0.4) is 0 Å². The van der Waals surface area contributed by atoms with Gasteiger partial charge in [-0.15, -0.1) is 5.10 Å². The Bertz CT molecular complexity index is 657. The third kappa shape index (κ3) is 5.97. The van der Waals surface area contributed by atoms with Gasteiger partial charge in [0.2, 0.25) is 11.7 Å². The molecule has 3 rings (SSSR count). The first-order chi connectivity index (χ1) is 14.5. The molecular formula is C21H34N4O4S. The number of nitrogens with zero attached hydrogens (tertiary/aromatic N) is 2. The molecule has 2 aliphatic heterocycles. The van der Waals surface area contributed by atoms with Gasteiger partial charge in [-0.2, -0.15) is 0 Å². The molecule has 168 valence electrons. The summed E-state index contributed by atoms with van der Waals surface area (Å²) in [6.45, 7) is 3.15. The normalized spacial score (nSPS) is 26.3. The summed E-state index contributed by atoms with van der Waals surface area (Å²) >= 11 is 1.54. The SMILES string of the molecule is C[C@@H]1CS/C(=N\NC(=O)C(=O)[C@H](NC(=O)C2CCCCCC2)C2CCOCC2)N1C. The van der Waals surface area contributed by atoms with Gasteiger partial charge < -0.3 is 15.0 Å². The van der Waals surface area contributed by atoms with Crippen molar-refractivity contribution in [2.75, 3.05) is 26.0 Å². The summed E-state index contributed by atoms with van der Waals surface area (Å²) in [6.07, 6.45) is 7.38. The van der Waals surface area contributed by atoms with Crippen molar-refractivity contribution in [3.63, 3.8) is 0 Å². The van der Waals surface area contributed by atoms with Gasteiger partial charge in [-0.05, 0) is 38.5 Å². The van der Waals surface area contributed by atoms with E-state index in [4.69, 9.17) is 4.74 Å². The Labute approximate surface area is 182 Å². The highest BCUT2D eigenvalue weighted by atomic mass is 32.2. The van der Waals surface area contributed by atoms with Crippen LogP contribution in [0.5, 0.6) is 0 Å². The molecule has 3 aliphatic rings. The Morgan fingerprint density at radius 1 is 1.10 bits per heavy atom. The van der Waals surface area contributed by atoms with Gasteiger partial charge in [-0.3, -0.25) is 14.4 Å². The molecule has 0 radical (unpaired) electrons. The minimum Gasteiger partial charge on any atom is -0.381 e. The fourth-order valence-electron chi connectivity index (χ4n) is 4.26. The van der Waals surface area contributed by atoms with E-state index in [0.29, 0.717) is 37.3 Å². The smallest absolute Gasteiger partial charge is 0.309 e. The molecular weight excluding hydrogens is 404 g/mol. The molecule has 0 spiro atoms. The number of amides is 2. The van der Waals surface area contributed by atoms with Gasteiger partial charge in [0, 0.05) is 38.0 Å². The van der Waals surface area contributed by atoms with E-state index in [2.05, 4.69) is 22.8 Å². The zero-order chi connectivity index (χ0) is 21.5. The van der Waals surface area contributed by atoms with E-state index in [1.807, 2.05) is 11.9 Å². The first-order valence-corrected chi connectivity index (χ1v) is 12.1. The maximum absolute atomic E-state index is 13.0. The van der Waals surface area contributed by atoms with Crippen LogP contribution < -0.4 is 10.7 Å². The standard InChI is InChI=1S/C21H34N4O4S/c1-14-13-30-21(25(14)2)24-23-20(28)18(26)17(15-9-11-29-12-10-15)22-19(27)16-7-5-3-4-6-8-16/h14-17H,3-13H2,1-2H3,(H,22,27)(H,23,28)/b24-21-/t14-,17-/m1/s1. The molecule has 2 atom stereocenters. The molecule has 1 aliphatic carbocycles. The van der Waals surface area contributed by atoms with Gasteiger partial charge in [0.15, 0.2) is 5.17 Å². The van der Waals surface area contributed by atoms with Crippen LogP contribution in [0, 0.1) is 11.8 Å². The molecule has 0 aromatic heterocycles. The number of hydrogen-bond acceptors (Lipinski definition) is 6. The molecule has 30 heavy (non-hydrogen) atoms. The summed E-state index contributed by atoms with van der Waals surface area (Å²) in [4.78, 5) is 40.5. The molecule has 0 aromatic carbocycles. The van der Waals surface area contributed by atoms with Gasteiger partial charge >= 0.3 is 5.91 Å². The van der Waals surface area contributed by atoms with Gasteiger partial charge in [-0.25, -0.2) is 5.43 Å². The number of rotatable bonds is 6. The Kier molecular flexibility index (Phi) is 8.56. The van der Waals surface area contributed by atoms with Crippen LogP contribution in [-0.2, 0) is 19.1 Å². The van der Waals surface area contributed by atoms with Gasteiger partial charge in [0.05, 0.1) is 0 Å². The van der Waals surface area contributed by atoms with Crippen LogP contribution in [-0.4, -0.2) is 65.8 Å². The van der Waals surface area contributed by atoms with Crippen LogP contribution >= 0.6 is 11.8 Å².